The van der Waals surface area contributed by atoms with Gasteiger partial charge < -0.3 is 9.80 Å². The van der Waals surface area contributed by atoms with Gasteiger partial charge in [0.15, 0.2) is 0 Å². The molecule has 172 valence electrons. The molecule has 1 atom stereocenters. The Morgan fingerprint density at radius 2 is 1.61 bits per heavy atom. The summed E-state index contributed by atoms with van der Waals surface area (Å²) in [6.45, 7) is 2.38. The number of amides is 1. The molecule has 33 heavy (non-hydrogen) atoms. The van der Waals surface area contributed by atoms with Crippen LogP contribution in [0.15, 0.2) is 70.3 Å². The molecule has 3 heterocycles. The molecule has 0 radical (unpaired) electrons. The Balaban J connectivity index is 1.38. The summed E-state index contributed by atoms with van der Waals surface area (Å²) in [7, 11) is -3.79. The quantitative estimate of drug-likeness (QED) is 0.569. The summed E-state index contributed by atoms with van der Waals surface area (Å²) in [6, 6.07) is 16.6. The number of halogens is 1. The highest BCUT2D eigenvalue weighted by atomic mass is 32.2. The van der Waals surface area contributed by atoms with Crippen LogP contribution in [0.2, 0.25) is 0 Å². The number of carbonyl (C=O) groups excluding carboxylic acids is 1. The monoisotopic (exact) mass is 485 g/mol. The van der Waals surface area contributed by atoms with Gasteiger partial charge in [-0.1, -0.05) is 30.3 Å². The van der Waals surface area contributed by atoms with E-state index in [1.165, 1.54) is 27.8 Å². The average molecular weight is 486 g/mol. The van der Waals surface area contributed by atoms with E-state index in [-0.39, 0.29) is 22.5 Å². The molecule has 0 bridgehead atoms. The molecule has 2 aromatic carbocycles. The van der Waals surface area contributed by atoms with Crippen molar-refractivity contribution < 1.29 is 17.6 Å². The van der Waals surface area contributed by atoms with Gasteiger partial charge in [0.25, 0.3) is 10.0 Å². The van der Waals surface area contributed by atoms with Crippen LogP contribution in [0.25, 0.3) is 0 Å². The lowest BCUT2D eigenvalue weighted by atomic mass is 9.95. The predicted molar refractivity (Wildman–Crippen MR) is 126 cm³/mol. The Labute approximate surface area is 196 Å². The first-order valence-electron chi connectivity index (χ1n) is 10.8. The number of nitrogens with zero attached hydrogens (tertiary/aromatic N) is 3. The Hall–Kier alpha value is -2.75. The molecule has 9 heteroatoms. The number of thiophene rings is 1. The van der Waals surface area contributed by atoms with Crippen molar-refractivity contribution in [2.75, 3.05) is 31.1 Å². The van der Waals surface area contributed by atoms with Crippen molar-refractivity contribution in [1.29, 1.82) is 0 Å². The van der Waals surface area contributed by atoms with Gasteiger partial charge in [-0.2, -0.15) is 4.31 Å². The van der Waals surface area contributed by atoms with E-state index in [0.29, 0.717) is 32.6 Å². The fourth-order valence-corrected chi connectivity index (χ4v) is 7.21. The fraction of sp³-hybridized carbons (Fsp3) is 0.292. The molecule has 2 aliphatic rings. The van der Waals surface area contributed by atoms with Crippen LogP contribution in [0.3, 0.4) is 0 Å². The number of anilines is 1. The highest BCUT2D eigenvalue weighted by molar-refractivity contribution is 7.91. The lowest BCUT2D eigenvalue weighted by Crippen LogP contribution is -2.57. The lowest BCUT2D eigenvalue weighted by Gasteiger charge is -2.41. The van der Waals surface area contributed by atoms with Gasteiger partial charge in [-0.15, -0.1) is 11.3 Å². The highest BCUT2D eigenvalue weighted by Crippen LogP contribution is 2.32. The number of piperazine rings is 1. The van der Waals surface area contributed by atoms with Crippen LogP contribution in [0, 0.1) is 5.82 Å². The Morgan fingerprint density at radius 1 is 0.909 bits per heavy atom. The van der Waals surface area contributed by atoms with Gasteiger partial charge in [0.2, 0.25) is 5.91 Å². The van der Waals surface area contributed by atoms with E-state index < -0.39 is 16.1 Å². The number of hydrogen-bond acceptors (Lipinski definition) is 5. The largest absolute Gasteiger partial charge is 0.368 e. The lowest BCUT2D eigenvalue weighted by molar-refractivity contribution is -0.136. The summed E-state index contributed by atoms with van der Waals surface area (Å²) in [5.41, 5.74) is 2.86. The van der Waals surface area contributed by atoms with Crippen molar-refractivity contribution in [2.45, 2.75) is 23.2 Å². The third-order valence-corrected chi connectivity index (χ3v) is 9.56. The molecular formula is C24H24FN3O3S2. The number of carbonyl (C=O) groups is 1. The number of hydrogen-bond donors (Lipinski definition) is 0. The first-order valence-corrected chi connectivity index (χ1v) is 13.2. The maximum absolute atomic E-state index is 13.6. The second-order valence-electron chi connectivity index (χ2n) is 8.26. The second kappa shape index (κ2) is 8.89. The molecule has 1 unspecified atom stereocenters. The van der Waals surface area contributed by atoms with Crippen LogP contribution >= 0.6 is 11.3 Å². The second-order valence-corrected chi connectivity index (χ2v) is 11.3. The maximum atomic E-state index is 13.6. The van der Waals surface area contributed by atoms with Gasteiger partial charge in [-0.3, -0.25) is 4.79 Å². The van der Waals surface area contributed by atoms with E-state index in [9.17, 15) is 17.6 Å². The van der Waals surface area contributed by atoms with Gasteiger partial charge in [0, 0.05) is 38.4 Å². The average Bonchev–Trinajstić information content (AvgIpc) is 3.39. The SMILES string of the molecule is O=C(C1Cc2ccccc2CN1S(=O)(=O)c1cccs1)N1CCN(c2ccc(F)cc2)CC1. The topological polar surface area (TPSA) is 60.9 Å². The number of rotatable bonds is 4. The van der Waals surface area contributed by atoms with Gasteiger partial charge >= 0.3 is 0 Å². The van der Waals surface area contributed by atoms with Crippen LogP contribution in [-0.2, 0) is 27.8 Å². The Bertz CT molecular complexity index is 1240. The summed E-state index contributed by atoms with van der Waals surface area (Å²) in [5.74, 6) is -0.444. The molecule has 2 aliphatic heterocycles. The smallest absolute Gasteiger partial charge is 0.253 e. The minimum atomic E-state index is -3.79. The minimum absolute atomic E-state index is 0.164. The number of sulfonamides is 1. The van der Waals surface area contributed by atoms with Gasteiger partial charge in [0.1, 0.15) is 16.1 Å². The van der Waals surface area contributed by atoms with E-state index in [1.54, 1.807) is 34.5 Å². The normalized spacial score (nSPS) is 19.4. The molecule has 0 spiro atoms. The Kier molecular flexibility index (Phi) is 5.94. The van der Waals surface area contributed by atoms with Gasteiger partial charge in [-0.25, -0.2) is 12.8 Å². The Morgan fingerprint density at radius 3 is 2.27 bits per heavy atom. The molecule has 1 fully saturated rings. The third-order valence-electron chi connectivity index (χ3n) is 6.33. The van der Waals surface area contributed by atoms with E-state index in [4.69, 9.17) is 0 Å². The first kappa shape index (κ1) is 22.1. The van der Waals surface area contributed by atoms with E-state index in [1.807, 2.05) is 24.3 Å². The van der Waals surface area contributed by atoms with E-state index >= 15 is 0 Å². The summed E-state index contributed by atoms with van der Waals surface area (Å²) in [5, 5.41) is 1.73. The molecule has 1 amide bonds. The molecule has 1 aromatic heterocycles. The van der Waals surface area contributed by atoms with Crippen molar-refractivity contribution in [1.82, 2.24) is 9.21 Å². The zero-order valence-corrected chi connectivity index (χ0v) is 19.6. The molecule has 0 saturated carbocycles. The van der Waals surface area contributed by atoms with Crippen LogP contribution in [0.4, 0.5) is 10.1 Å². The third kappa shape index (κ3) is 4.28. The number of fused-ring (bicyclic) bond motifs is 1. The standard InChI is InChI=1S/C24H24FN3O3S2/c25-20-7-9-21(10-8-20)26-11-13-27(14-12-26)24(29)22-16-18-4-1-2-5-19(18)17-28(22)33(30,31)23-6-3-15-32-23/h1-10,15,22H,11-14,16-17H2. The molecule has 6 nitrogen and oxygen atoms in total. The van der Waals surface area contributed by atoms with Gasteiger partial charge in [0.05, 0.1) is 0 Å². The zero-order chi connectivity index (χ0) is 23.0. The molecule has 0 N–H and O–H groups in total. The van der Waals surface area contributed by atoms with Crippen molar-refractivity contribution >= 4 is 33.0 Å². The highest BCUT2D eigenvalue weighted by Gasteiger charge is 2.42. The number of benzene rings is 2. The molecule has 1 saturated heterocycles. The van der Waals surface area contributed by atoms with Crippen LogP contribution in [-0.4, -0.2) is 55.8 Å². The molecular weight excluding hydrogens is 461 g/mol. The first-order chi connectivity index (χ1) is 15.9. The fourth-order valence-electron chi connectivity index (χ4n) is 4.54. The van der Waals surface area contributed by atoms with Crippen LogP contribution in [0.5, 0.6) is 0 Å². The molecule has 3 aromatic rings. The van der Waals surface area contributed by atoms with E-state index in [0.717, 1.165) is 16.8 Å². The van der Waals surface area contributed by atoms with Crippen molar-refractivity contribution in [2.24, 2.45) is 0 Å². The summed E-state index contributed by atoms with van der Waals surface area (Å²) >= 11 is 1.17. The van der Waals surface area contributed by atoms with Gasteiger partial charge in [-0.05, 0) is 53.3 Å². The van der Waals surface area contributed by atoms with Crippen molar-refractivity contribution in [3.63, 3.8) is 0 Å². The van der Waals surface area contributed by atoms with Crippen LogP contribution in [0.1, 0.15) is 11.1 Å². The maximum Gasteiger partial charge on any atom is 0.253 e. The summed E-state index contributed by atoms with van der Waals surface area (Å²) in [6.07, 6.45) is 0.359. The van der Waals surface area contributed by atoms with E-state index in [2.05, 4.69) is 4.90 Å². The minimum Gasteiger partial charge on any atom is -0.368 e. The zero-order valence-electron chi connectivity index (χ0n) is 17.9. The molecule has 5 rings (SSSR count). The van der Waals surface area contributed by atoms with Crippen LogP contribution < -0.4 is 4.90 Å². The molecule has 0 aliphatic carbocycles. The van der Waals surface area contributed by atoms with Crippen molar-refractivity contribution in [3.8, 4) is 0 Å². The summed E-state index contributed by atoms with van der Waals surface area (Å²) in [4.78, 5) is 17.5. The summed E-state index contributed by atoms with van der Waals surface area (Å²) < 4.78 is 41.8. The van der Waals surface area contributed by atoms with Crippen molar-refractivity contribution in [3.05, 3.63) is 83.0 Å². The predicted octanol–water partition coefficient (Wildman–Crippen LogP) is 3.35.